The number of hydrogen-bond acceptors (Lipinski definition) is 5. The lowest BCUT2D eigenvalue weighted by molar-refractivity contribution is -0.135. The molecule has 1 aromatic carbocycles. The summed E-state index contributed by atoms with van der Waals surface area (Å²) in [4.78, 5) is 36.0. The highest BCUT2D eigenvalue weighted by Gasteiger charge is 2.26. The van der Waals surface area contributed by atoms with Crippen LogP contribution in [0.2, 0.25) is 5.02 Å². The zero-order valence-electron chi connectivity index (χ0n) is 18.3. The molecule has 31 heavy (non-hydrogen) atoms. The van der Waals surface area contributed by atoms with Crippen molar-refractivity contribution in [3.05, 3.63) is 29.3 Å². The Morgan fingerprint density at radius 3 is 1.81 bits per heavy atom. The van der Waals surface area contributed by atoms with Gasteiger partial charge in [0, 0.05) is 76.2 Å². The van der Waals surface area contributed by atoms with Crippen molar-refractivity contribution in [2.24, 2.45) is 0 Å². The van der Waals surface area contributed by atoms with E-state index in [4.69, 9.17) is 11.6 Å². The molecule has 0 radical (unpaired) electrons. The number of nitrogens with zero attached hydrogens (tertiary/aromatic N) is 5. The first-order chi connectivity index (χ1) is 15.1. The van der Waals surface area contributed by atoms with Gasteiger partial charge in [0.15, 0.2) is 0 Å². The smallest absolute Gasteiger partial charge is 0.236 e. The second-order valence-corrected chi connectivity index (χ2v) is 9.28. The summed E-state index contributed by atoms with van der Waals surface area (Å²) in [6, 6.07) is 7.90. The van der Waals surface area contributed by atoms with Crippen molar-refractivity contribution in [3.8, 4) is 0 Å². The molecule has 1 aromatic rings. The summed E-state index contributed by atoms with van der Waals surface area (Å²) in [6.07, 6.45) is 3.51. The number of anilines is 1. The predicted molar refractivity (Wildman–Crippen MR) is 124 cm³/mol. The number of piperidine rings is 1. The summed E-state index contributed by atoms with van der Waals surface area (Å²) >= 11 is 6.11. The van der Waals surface area contributed by atoms with E-state index in [2.05, 4.69) is 20.8 Å². The van der Waals surface area contributed by atoms with Crippen molar-refractivity contribution in [3.63, 3.8) is 0 Å². The molecule has 3 fully saturated rings. The maximum Gasteiger partial charge on any atom is 0.236 e. The zero-order valence-corrected chi connectivity index (χ0v) is 19.1. The number of benzene rings is 1. The van der Waals surface area contributed by atoms with Gasteiger partial charge in [-0.2, -0.15) is 0 Å². The van der Waals surface area contributed by atoms with E-state index < -0.39 is 0 Å². The quantitative estimate of drug-likeness (QED) is 0.686. The normalized spacial score (nSPS) is 21.4. The zero-order chi connectivity index (χ0) is 21.6. The van der Waals surface area contributed by atoms with Crippen LogP contribution >= 0.6 is 11.6 Å². The van der Waals surface area contributed by atoms with Gasteiger partial charge in [0.05, 0.1) is 13.1 Å². The molecule has 0 N–H and O–H groups in total. The summed E-state index contributed by atoms with van der Waals surface area (Å²) < 4.78 is 0. The molecule has 0 saturated carbocycles. The molecule has 7 nitrogen and oxygen atoms in total. The van der Waals surface area contributed by atoms with Gasteiger partial charge in [0.2, 0.25) is 11.8 Å². The molecule has 3 saturated heterocycles. The van der Waals surface area contributed by atoms with Gasteiger partial charge in [-0.15, -0.1) is 0 Å². The molecule has 2 amide bonds. The van der Waals surface area contributed by atoms with Crippen LogP contribution < -0.4 is 4.90 Å². The van der Waals surface area contributed by atoms with Gasteiger partial charge in [-0.05, 0) is 37.5 Å². The van der Waals surface area contributed by atoms with E-state index in [1.54, 1.807) is 0 Å². The molecule has 0 bridgehead atoms. The van der Waals surface area contributed by atoms with Gasteiger partial charge < -0.3 is 14.7 Å². The summed E-state index contributed by atoms with van der Waals surface area (Å²) in [5.74, 6) is 0.477. The van der Waals surface area contributed by atoms with Crippen LogP contribution in [0.1, 0.15) is 19.3 Å². The standard InChI is InChI=1S/C23H34ClN5O2/c24-20-5-4-6-21(17-20)27-13-15-29(16-14-27)23(31)19-26-11-9-25(10-12-26)18-22(30)28-7-2-1-3-8-28/h4-6,17H,1-3,7-16,18-19H2. The number of amides is 2. The fraction of sp³-hybridized carbons (Fsp3) is 0.652. The number of carbonyl (C=O) groups excluding carboxylic acids is 2. The molecule has 0 atom stereocenters. The number of likely N-dealkylation sites (tertiary alicyclic amines) is 1. The summed E-state index contributed by atoms with van der Waals surface area (Å²) in [6.45, 7) is 9.39. The van der Waals surface area contributed by atoms with Crippen molar-refractivity contribution in [2.45, 2.75) is 19.3 Å². The average molecular weight is 448 g/mol. The molecule has 170 valence electrons. The Morgan fingerprint density at radius 2 is 1.26 bits per heavy atom. The number of rotatable bonds is 5. The number of piperazine rings is 2. The first kappa shape index (κ1) is 22.4. The van der Waals surface area contributed by atoms with Gasteiger partial charge in [0.1, 0.15) is 0 Å². The van der Waals surface area contributed by atoms with E-state index in [9.17, 15) is 9.59 Å². The minimum absolute atomic E-state index is 0.212. The third kappa shape index (κ3) is 6.11. The maximum atomic E-state index is 12.8. The molecule has 4 rings (SSSR count). The van der Waals surface area contributed by atoms with E-state index >= 15 is 0 Å². The number of halogens is 1. The van der Waals surface area contributed by atoms with Crippen LogP contribution in [0, 0.1) is 0 Å². The van der Waals surface area contributed by atoms with Crippen molar-refractivity contribution in [2.75, 3.05) is 83.4 Å². The van der Waals surface area contributed by atoms with E-state index in [1.165, 1.54) is 6.42 Å². The topological polar surface area (TPSA) is 50.3 Å². The Kier molecular flexibility index (Phi) is 7.69. The third-order valence-corrected chi connectivity index (χ3v) is 6.93. The minimum Gasteiger partial charge on any atom is -0.368 e. The summed E-state index contributed by atoms with van der Waals surface area (Å²) in [5.41, 5.74) is 1.12. The SMILES string of the molecule is O=C(CN1CCN(CC(=O)N2CCN(c3cccc(Cl)c3)CC2)CC1)N1CCCCC1. The van der Waals surface area contributed by atoms with Gasteiger partial charge >= 0.3 is 0 Å². The van der Waals surface area contributed by atoms with Crippen molar-refractivity contribution in [1.82, 2.24) is 19.6 Å². The van der Waals surface area contributed by atoms with Crippen LogP contribution in [-0.2, 0) is 9.59 Å². The Bertz CT molecular complexity index is 754. The lowest BCUT2D eigenvalue weighted by Crippen LogP contribution is -2.54. The van der Waals surface area contributed by atoms with Gasteiger partial charge in [0.25, 0.3) is 0 Å². The lowest BCUT2D eigenvalue weighted by Gasteiger charge is -2.39. The second kappa shape index (κ2) is 10.7. The van der Waals surface area contributed by atoms with E-state index in [1.807, 2.05) is 28.0 Å². The monoisotopic (exact) mass is 447 g/mol. The molecule has 0 spiro atoms. The molecular formula is C23H34ClN5O2. The lowest BCUT2D eigenvalue weighted by atomic mass is 10.1. The van der Waals surface area contributed by atoms with E-state index in [-0.39, 0.29) is 11.8 Å². The van der Waals surface area contributed by atoms with Crippen molar-refractivity contribution >= 4 is 29.1 Å². The van der Waals surface area contributed by atoms with E-state index in [0.29, 0.717) is 13.1 Å². The molecule has 0 unspecified atom stereocenters. The van der Waals surface area contributed by atoms with Gasteiger partial charge in [-0.1, -0.05) is 17.7 Å². The van der Waals surface area contributed by atoms with E-state index in [0.717, 1.165) is 89.0 Å². The fourth-order valence-corrected chi connectivity index (χ4v) is 4.90. The molecule has 3 aliphatic rings. The van der Waals surface area contributed by atoms with Crippen molar-refractivity contribution < 1.29 is 9.59 Å². The summed E-state index contributed by atoms with van der Waals surface area (Å²) in [7, 11) is 0. The van der Waals surface area contributed by atoms with Crippen LogP contribution in [0.4, 0.5) is 5.69 Å². The first-order valence-corrected chi connectivity index (χ1v) is 12.0. The van der Waals surface area contributed by atoms with Crippen LogP contribution in [-0.4, -0.2) is 110 Å². The van der Waals surface area contributed by atoms with Crippen molar-refractivity contribution in [1.29, 1.82) is 0 Å². The molecule has 3 aliphatic heterocycles. The fourth-order valence-electron chi connectivity index (χ4n) is 4.72. The predicted octanol–water partition coefficient (Wildman–Crippen LogP) is 1.62. The number of carbonyl (C=O) groups is 2. The Labute approximate surface area is 190 Å². The Hall–Kier alpha value is -1.83. The second-order valence-electron chi connectivity index (χ2n) is 8.84. The first-order valence-electron chi connectivity index (χ1n) is 11.6. The average Bonchev–Trinajstić information content (AvgIpc) is 2.81. The highest BCUT2D eigenvalue weighted by molar-refractivity contribution is 6.30. The molecular weight excluding hydrogens is 414 g/mol. The highest BCUT2D eigenvalue weighted by atomic mass is 35.5. The molecule has 3 heterocycles. The van der Waals surface area contributed by atoms with Crippen LogP contribution in [0.5, 0.6) is 0 Å². The van der Waals surface area contributed by atoms with Gasteiger partial charge in [-0.25, -0.2) is 0 Å². The minimum atomic E-state index is 0.212. The van der Waals surface area contributed by atoms with Gasteiger partial charge in [-0.3, -0.25) is 19.4 Å². The largest absolute Gasteiger partial charge is 0.368 e. The highest BCUT2D eigenvalue weighted by Crippen LogP contribution is 2.21. The molecule has 8 heteroatoms. The maximum absolute atomic E-state index is 12.8. The van der Waals surface area contributed by atoms with Crippen LogP contribution in [0.25, 0.3) is 0 Å². The van der Waals surface area contributed by atoms with Crippen LogP contribution in [0.15, 0.2) is 24.3 Å². The summed E-state index contributed by atoms with van der Waals surface area (Å²) in [5, 5.41) is 0.743. The Balaban J connectivity index is 1.16. The van der Waals surface area contributed by atoms with Crippen LogP contribution in [0.3, 0.4) is 0 Å². The third-order valence-electron chi connectivity index (χ3n) is 6.70. The Morgan fingerprint density at radius 1 is 0.710 bits per heavy atom. The molecule has 0 aromatic heterocycles. The number of hydrogen-bond donors (Lipinski definition) is 0. The molecule has 0 aliphatic carbocycles.